The molecule has 2 fully saturated rings. The molecule has 4 rings (SSSR count). The molecule has 1 amide bonds. The zero-order valence-corrected chi connectivity index (χ0v) is 14.9. The maximum Gasteiger partial charge on any atom is 0.241 e. The number of benzene rings is 2. The molecule has 4 nitrogen and oxygen atoms in total. The highest BCUT2D eigenvalue weighted by molar-refractivity contribution is 6.33. The minimum atomic E-state index is -0.563. The smallest absolute Gasteiger partial charge is 0.241 e. The van der Waals surface area contributed by atoms with E-state index in [1.54, 1.807) is 30.3 Å². The number of anilines is 1. The van der Waals surface area contributed by atoms with Crippen LogP contribution in [-0.2, 0) is 4.79 Å². The second-order valence-corrected chi connectivity index (χ2v) is 7.37. The fraction of sp³-hybridized carbons (Fsp3) is 0.300. The summed E-state index contributed by atoms with van der Waals surface area (Å²) < 4.78 is 15.0. The summed E-state index contributed by atoms with van der Waals surface area (Å²) >= 11 is 6.21. The van der Waals surface area contributed by atoms with Crippen LogP contribution < -0.4 is 10.6 Å². The van der Waals surface area contributed by atoms with Crippen LogP contribution in [-0.4, -0.2) is 23.8 Å². The van der Waals surface area contributed by atoms with Crippen molar-refractivity contribution in [3.8, 4) is 11.1 Å². The van der Waals surface area contributed by atoms with Gasteiger partial charge in [-0.1, -0.05) is 23.7 Å². The van der Waals surface area contributed by atoms with Gasteiger partial charge in [0.1, 0.15) is 0 Å². The van der Waals surface area contributed by atoms with Crippen LogP contribution in [0.15, 0.2) is 36.4 Å². The number of ketones is 1. The second-order valence-electron chi connectivity index (χ2n) is 6.96. The lowest BCUT2D eigenvalue weighted by atomic mass is 10.00. The molecule has 1 saturated carbocycles. The molecule has 1 saturated heterocycles. The van der Waals surface area contributed by atoms with Crippen LogP contribution in [0.1, 0.15) is 30.1 Å². The van der Waals surface area contributed by atoms with Crippen molar-refractivity contribution in [1.29, 1.82) is 0 Å². The van der Waals surface area contributed by atoms with E-state index >= 15 is 4.39 Å². The molecular weight excluding hydrogens is 355 g/mol. The van der Waals surface area contributed by atoms with Gasteiger partial charge >= 0.3 is 0 Å². The number of carbonyl (C=O) groups is 2. The second kappa shape index (κ2) is 6.49. The lowest BCUT2D eigenvalue weighted by molar-refractivity contribution is -0.118. The fourth-order valence-electron chi connectivity index (χ4n) is 3.53. The first-order valence-electron chi connectivity index (χ1n) is 8.60. The van der Waals surface area contributed by atoms with E-state index in [2.05, 4.69) is 10.6 Å². The number of nitrogens with one attached hydrogen (secondary N) is 2. The van der Waals surface area contributed by atoms with E-state index in [0.717, 1.165) is 12.8 Å². The Morgan fingerprint density at radius 2 is 2.00 bits per heavy atom. The van der Waals surface area contributed by atoms with Gasteiger partial charge in [-0.2, -0.15) is 0 Å². The zero-order chi connectivity index (χ0) is 18.4. The number of amides is 1. The number of piperidine rings is 1. The third-order valence-electron chi connectivity index (χ3n) is 5.11. The van der Waals surface area contributed by atoms with Crippen LogP contribution in [0.3, 0.4) is 0 Å². The van der Waals surface area contributed by atoms with E-state index in [9.17, 15) is 9.59 Å². The third kappa shape index (κ3) is 3.13. The number of hydrogen-bond donors (Lipinski definition) is 2. The van der Waals surface area contributed by atoms with Gasteiger partial charge in [-0.3, -0.25) is 9.59 Å². The van der Waals surface area contributed by atoms with Crippen LogP contribution in [0.25, 0.3) is 11.1 Å². The third-order valence-corrected chi connectivity index (χ3v) is 5.44. The number of halogens is 2. The van der Waals surface area contributed by atoms with Gasteiger partial charge in [0, 0.05) is 27.8 Å². The van der Waals surface area contributed by atoms with Crippen LogP contribution >= 0.6 is 11.6 Å². The number of carbonyl (C=O) groups excluding carboxylic acids is 2. The van der Waals surface area contributed by atoms with Crippen molar-refractivity contribution in [2.24, 2.45) is 5.92 Å². The van der Waals surface area contributed by atoms with Crippen molar-refractivity contribution in [3.63, 3.8) is 0 Å². The van der Waals surface area contributed by atoms with E-state index < -0.39 is 5.82 Å². The van der Waals surface area contributed by atoms with Gasteiger partial charge in [0.2, 0.25) is 5.91 Å². The average Bonchev–Trinajstić information content (AvgIpc) is 3.22. The zero-order valence-electron chi connectivity index (χ0n) is 14.2. The van der Waals surface area contributed by atoms with Gasteiger partial charge in [-0.25, -0.2) is 4.39 Å². The first-order chi connectivity index (χ1) is 12.4. The van der Waals surface area contributed by atoms with Crippen molar-refractivity contribution in [2.75, 3.05) is 5.32 Å². The number of rotatable bonds is 4. The van der Waals surface area contributed by atoms with Gasteiger partial charge < -0.3 is 10.6 Å². The van der Waals surface area contributed by atoms with E-state index in [0.29, 0.717) is 28.1 Å². The number of hydrogen-bond acceptors (Lipinski definition) is 3. The Kier molecular flexibility index (Phi) is 4.29. The summed E-state index contributed by atoms with van der Waals surface area (Å²) in [4.78, 5) is 24.0. The predicted octanol–water partition coefficient (Wildman–Crippen LogP) is 4.04. The van der Waals surface area contributed by atoms with E-state index in [1.165, 1.54) is 13.0 Å². The molecule has 0 bridgehead atoms. The highest BCUT2D eigenvalue weighted by Gasteiger charge is 2.47. The standard InChI is InChI=1S/C20H18ClFN2O2/c1-10(25)11-5-6-15(21)14(7-11)13-3-2-4-16(19(13)22)24-20(26)18-9-12-8-17(12)23-18/h2-7,12,17-18,23H,8-9H2,1H3,(H,24,26)/t12-,17-,18+/m1/s1. The first kappa shape index (κ1) is 17.2. The highest BCUT2D eigenvalue weighted by Crippen LogP contribution is 2.41. The van der Waals surface area contributed by atoms with E-state index in [-0.39, 0.29) is 29.0 Å². The van der Waals surface area contributed by atoms with Gasteiger partial charge in [-0.05, 0) is 49.9 Å². The summed E-state index contributed by atoms with van der Waals surface area (Å²) in [6.45, 7) is 1.44. The molecule has 6 heteroatoms. The summed E-state index contributed by atoms with van der Waals surface area (Å²) in [6.07, 6.45) is 1.92. The quantitative estimate of drug-likeness (QED) is 0.796. The molecule has 134 valence electrons. The number of fused-ring (bicyclic) bond motifs is 1. The van der Waals surface area contributed by atoms with Crippen molar-refractivity contribution < 1.29 is 14.0 Å². The molecule has 2 N–H and O–H groups in total. The maximum absolute atomic E-state index is 15.0. The summed E-state index contributed by atoms with van der Waals surface area (Å²) in [5.74, 6) is -0.336. The lowest BCUT2D eigenvalue weighted by Gasteiger charge is -2.15. The summed E-state index contributed by atoms with van der Waals surface area (Å²) in [6, 6.07) is 9.68. The van der Waals surface area contributed by atoms with Gasteiger partial charge in [0.15, 0.2) is 11.6 Å². The monoisotopic (exact) mass is 372 g/mol. The maximum atomic E-state index is 15.0. The van der Waals surface area contributed by atoms with E-state index in [4.69, 9.17) is 11.6 Å². The Hall–Kier alpha value is -2.24. The number of Topliss-reactive ketones (excluding diaryl/α,β-unsaturated/α-hetero) is 1. The summed E-state index contributed by atoms with van der Waals surface area (Å²) in [5, 5.41) is 6.27. The molecule has 2 aliphatic rings. The average molecular weight is 373 g/mol. The molecule has 0 unspecified atom stereocenters. The fourth-order valence-corrected chi connectivity index (χ4v) is 3.75. The molecule has 1 aliphatic heterocycles. The molecule has 0 spiro atoms. The molecule has 1 aliphatic carbocycles. The Labute approximate surface area is 155 Å². The minimum absolute atomic E-state index is 0.110. The molecule has 2 aromatic rings. The van der Waals surface area contributed by atoms with Crippen LogP contribution in [0, 0.1) is 11.7 Å². The van der Waals surface area contributed by atoms with Gasteiger partial charge in [0.25, 0.3) is 0 Å². The van der Waals surface area contributed by atoms with Gasteiger partial charge in [-0.15, -0.1) is 0 Å². The molecule has 26 heavy (non-hydrogen) atoms. The molecule has 3 atom stereocenters. The first-order valence-corrected chi connectivity index (χ1v) is 8.98. The Balaban J connectivity index is 1.62. The molecule has 0 radical (unpaired) electrons. The lowest BCUT2D eigenvalue weighted by Crippen LogP contribution is -2.38. The van der Waals surface area contributed by atoms with Gasteiger partial charge in [0.05, 0.1) is 11.7 Å². The highest BCUT2D eigenvalue weighted by atomic mass is 35.5. The van der Waals surface area contributed by atoms with Crippen molar-refractivity contribution in [2.45, 2.75) is 31.8 Å². The van der Waals surface area contributed by atoms with Crippen molar-refractivity contribution >= 4 is 29.0 Å². The van der Waals surface area contributed by atoms with Crippen LogP contribution in [0.4, 0.5) is 10.1 Å². The Morgan fingerprint density at radius 3 is 2.69 bits per heavy atom. The Morgan fingerprint density at radius 1 is 1.19 bits per heavy atom. The van der Waals surface area contributed by atoms with E-state index in [1.807, 2.05) is 0 Å². The van der Waals surface area contributed by atoms with Crippen molar-refractivity contribution in [1.82, 2.24) is 5.32 Å². The molecular formula is C20H18ClFN2O2. The molecule has 2 aromatic carbocycles. The summed E-state index contributed by atoms with van der Waals surface area (Å²) in [7, 11) is 0. The normalized spacial score (nSPS) is 23.4. The topological polar surface area (TPSA) is 58.2 Å². The van der Waals surface area contributed by atoms with Crippen LogP contribution in [0.2, 0.25) is 5.02 Å². The molecule has 0 aromatic heterocycles. The SMILES string of the molecule is CC(=O)c1ccc(Cl)c(-c2cccc(NC(=O)[C@@H]3C[C@H]4C[C@H]4N3)c2F)c1. The predicted molar refractivity (Wildman–Crippen MR) is 98.9 cm³/mol. The largest absolute Gasteiger partial charge is 0.322 e. The Bertz CT molecular complexity index is 905. The minimum Gasteiger partial charge on any atom is -0.322 e. The van der Waals surface area contributed by atoms with Crippen molar-refractivity contribution in [3.05, 3.63) is 52.8 Å². The molecule has 1 heterocycles. The summed E-state index contributed by atoms with van der Waals surface area (Å²) in [5.41, 5.74) is 1.23. The van der Waals surface area contributed by atoms with Crippen LogP contribution in [0.5, 0.6) is 0 Å².